The van der Waals surface area contributed by atoms with Gasteiger partial charge in [-0.2, -0.15) is 0 Å². The van der Waals surface area contributed by atoms with E-state index in [1.165, 1.54) is 12.1 Å². The highest BCUT2D eigenvalue weighted by atomic mass is 32.2. The molecule has 0 spiro atoms. The van der Waals surface area contributed by atoms with Gasteiger partial charge in [0, 0.05) is 0 Å². The molecule has 1 radical (unpaired) electrons. The second-order valence-electron chi connectivity index (χ2n) is 3.32. The molecule has 0 N–H and O–H groups in total. The Labute approximate surface area is 88.5 Å². The lowest BCUT2D eigenvalue weighted by Crippen LogP contribution is -2.23. The molecule has 1 atom stereocenters. The lowest BCUT2D eigenvalue weighted by atomic mass is 10.1. The first-order valence-corrected chi connectivity index (χ1v) is 5.58. The van der Waals surface area contributed by atoms with Gasteiger partial charge in [0.2, 0.25) is 0 Å². The summed E-state index contributed by atoms with van der Waals surface area (Å²) in [7, 11) is 0. The van der Waals surface area contributed by atoms with E-state index in [1.807, 2.05) is 6.42 Å². The molecule has 1 aliphatic rings. The number of hydrogen-bond donors (Lipinski definition) is 0. The minimum Gasteiger partial charge on any atom is -0.604 e. The quantitative estimate of drug-likeness (QED) is 0.684. The van der Waals surface area contributed by atoms with Gasteiger partial charge in [-0.15, -0.1) is 13.2 Å². The minimum atomic E-state index is -4.67. The molecule has 2 rings (SSSR count). The summed E-state index contributed by atoms with van der Waals surface area (Å²) in [6.45, 7) is 0. The number of aryl methyl sites for hydroxylation is 1. The summed E-state index contributed by atoms with van der Waals surface area (Å²) in [5, 5.41) is 0. The van der Waals surface area contributed by atoms with Crippen LogP contribution in [0.25, 0.3) is 0 Å². The summed E-state index contributed by atoms with van der Waals surface area (Å²) in [5.41, 5.74) is -2.86. The summed E-state index contributed by atoms with van der Waals surface area (Å²) in [5.74, 6) is 0. The summed E-state index contributed by atoms with van der Waals surface area (Å²) >= 11 is -2.91. The number of fused-ring (bicyclic) bond motifs is 1. The molecule has 1 aliphatic carbocycles. The summed E-state index contributed by atoms with van der Waals surface area (Å²) in [4.78, 5) is -0.156. The molecule has 1 unspecified atom stereocenters. The van der Waals surface area contributed by atoms with E-state index in [0.29, 0.717) is 0 Å². The van der Waals surface area contributed by atoms with Gasteiger partial charge in [-0.25, -0.2) is 0 Å². The standard InChI is InChI=1S/C10H8F3OS/c11-10(12,13)15(14)9-5-4-7-2-1-3-8(7)6-9/h2,4-6H,1,3H2. The van der Waals surface area contributed by atoms with Crippen LogP contribution in [0.2, 0.25) is 0 Å². The Balaban J connectivity index is 2.31. The molecule has 0 saturated heterocycles. The summed E-state index contributed by atoms with van der Waals surface area (Å²) < 4.78 is 47.6. The molecule has 0 fully saturated rings. The van der Waals surface area contributed by atoms with E-state index in [4.69, 9.17) is 0 Å². The smallest absolute Gasteiger partial charge is 0.578 e. The minimum absolute atomic E-state index is 0.156. The van der Waals surface area contributed by atoms with Crippen LogP contribution in [0.3, 0.4) is 0 Å². The van der Waals surface area contributed by atoms with Crippen LogP contribution >= 0.6 is 0 Å². The van der Waals surface area contributed by atoms with Crippen molar-refractivity contribution in [1.82, 2.24) is 0 Å². The Bertz CT molecular complexity index is 375. The van der Waals surface area contributed by atoms with Crippen molar-refractivity contribution in [2.24, 2.45) is 0 Å². The Morgan fingerprint density at radius 1 is 1.27 bits per heavy atom. The van der Waals surface area contributed by atoms with Gasteiger partial charge in [0.25, 0.3) is 0 Å². The van der Waals surface area contributed by atoms with Crippen LogP contribution in [-0.2, 0) is 17.6 Å². The van der Waals surface area contributed by atoms with Gasteiger partial charge in [0.15, 0.2) is 4.90 Å². The van der Waals surface area contributed by atoms with Crippen molar-refractivity contribution in [1.29, 1.82) is 0 Å². The van der Waals surface area contributed by atoms with Gasteiger partial charge in [-0.05, 0) is 42.5 Å². The summed E-state index contributed by atoms with van der Waals surface area (Å²) in [6.07, 6.45) is 3.55. The molecule has 81 valence electrons. The molecule has 0 bridgehead atoms. The van der Waals surface area contributed by atoms with E-state index in [9.17, 15) is 17.7 Å². The summed E-state index contributed by atoms with van der Waals surface area (Å²) in [6, 6.07) is 4.27. The average molecular weight is 233 g/mol. The van der Waals surface area contributed by atoms with E-state index in [2.05, 4.69) is 0 Å². The fourth-order valence-corrected chi connectivity index (χ4v) is 2.34. The van der Waals surface area contributed by atoms with Crippen molar-refractivity contribution in [3.8, 4) is 0 Å². The van der Waals surface area contributed by atoms with Crippen molar-refractivity contribution in [3.05, 3.63) is 35.7 Å². The SMILES string of the molecule is [O-][S+](c1ccc2c(c1)CC[CH]2)C(F)(F)F. The number of halogens is 3. The van der Waals surface area contributed by atoms with Gasteiger partial charge in [0.05, 0.1) is 11.2 Å². The molecular weight excluding hydrogens is 225 g/mol. The Hall–Kier alpha value is -0.680. The number of benzene rings is 1. The fraction of sp³-hybridized carbons (Fsp3) is 0.300. The van der Waals surface area contributed by atoms with Crippen LogP contribution in [0.1, 0.15) is 17.5 Å². The molecule has 0 saturated carbocycles. The first kappa shape index (κ1) is 10.8. The van der Waals surface area contributed by atoms with Crippen LogP contribution in [0.5, 0.6) is 0 Å². The lowest BCUT2D eigenvalue weighted by molar-refractivity contribution is -0.0435. The van der Waals surface area contributed by atoms with Crippen molar-refractivity contribution in [2.45, 2.75) is 23.2 Å². The van der Waals surface area contributed by atoms with E-state index in [-0.39, 0.29) is 4.90 Å². The number of alkyl halides is 3. The zero-order chi connectivity index (χ0) is 11.1. The Morgan fingerprint density at radius 2 is 2.00 bits per heavy atom. The van der Waals surface area contributed by atoms with E-state index in [0.717, 1.165) is 24.0 Å². The Morgan fingerprint density at radius 3 is 2.67 bits per heavy atom. The van der Waals surface area contributed by atoms with Crippen molar-refractivity contribution in [3.63, 3.8) is 0 Å². The normalized spacial score (nSPS) is 17.6. The monoisotopic (exact) mass is 233 g/mol. The molecule has 1 aromatic carbocycles. The van der Waals surface area contributed by atoms with E-state index >= 15 is 0 Å². The van der Waals surface area contributed by atoms with Crippen LogP contribution in [0.4, 0.5) is 13.2 Å². The van der Waals surface area contributed by atoms with Crippen LogP contribution < -0.4 is 0 Å². The van der Waals surface area contributed by atoms with E-state index in [1.54, 1.807) is 6.07 Å². The average Bonchev–Trinajstić information content (AvgIpc) is 2.61. The highest BCUT2D eigenvalue weighted by molar-refractivity contribution is 7.92. The molecule has 0 aliphatic heterocycles. The van der Waals surface area contributed by atoms with Crippen LogP contribution in [0, 0.1) is 6.42 Å². The molecule has 1 aromatic rings. The molecule has 1 nitrogen and oxygen atoms in total. The van der Waals surface area contributed by atoms with Gasteiger partial charge < -0.3 is 4.55 Å². The molecule has 0 amide bonds. The second-order valence-corrected chi connectivity index (χ2v) is 4.79. The fourth-order valence-electron chi connectivity index (χ4n) is 1.63. The second kappa shape index (κ2) is 3.72. The molecular formula is C10H8F3OS. The largest absolute Gasteiger partial charge is 0.604 e. The molecule has 0 heterocycles. The highest BCUT2D eigenvalue weighted by Gasteiger charge is 2.46. The van der Waals surface area contributed by atoms with Crippen LogP contribution in [-0.4, -0.2) is 10.1 Å². The number of rotatable bonds is 1. The zero-order valence-electron chi connectivity index (χ0n) is 7.67. The van der Waals surface area contributed by atoms with Crippen LogP contribution in [0.15, 0.2) is 23.1 Å². The predicted molar refractivity (Wildman–Crippen MR) is 50.6 cm³/mol. The maximum Gasteiger partial charge on any atom is 0.578 e. The Kier molecular flexibility index (Phi) is 2.68. The maximum atomic E-state index is 12.2. The van der Waals surface area contributed by atoms with Gasteiger partial charge in [-0.3, -0.25) is 0 Å². The van der Waals surface area contributed by atoms with E-state index < -0.39 is 16.7 Å². The van der Waals surface area contributed by atoms with Crippen molar-refractivity contribution >= 4 is 11.2 Å². The first-order chi connectivity index (χ1) is 6.98. The zero-order valence-corrected chi connectivity index (χ0v) is 8.49. The molecule has 0 aromatic heterocycles. The third-order valence-electron chi connectivity index (χ3n) is 2.32. The predicted octanol–water partition coefficient (Wildman–Crippen LogP) is 2.81. The maximum absolute atomic E-state index is 12.2. The lowest BCUT2D eigenvalue weighted by Gasteiger charge is -2.12. The highest BCUT2D eigenvalue weighted by Crippen LogP contribution is 2.33. The van der Waals surface area contributed by atoms with Gasteiger partial charge in [-0.1, -0.05) is 6.07 Å². The molecule has 15 heavy (non-hydrogen) atoms. The van der Waals surface area contributed by atoms with Gasteiger partial charge >= 0.3 is 5.51 Å². The van der Waals surface area contributed by atoms with Gasteiger partial charge in [0.1, 0.15) is 0 Å². The topological polar surface area (TPSA) is 23.1 Å². The first-order valence-electron chi connectivity index (χ1n) is 4.43. The third-order valence-corrected chi connectivity index (χ3v) is 3.42. The van der Waals surface area contributed by atoms with Crippen molar-refractivity contribution in [2.75, 3.05) is 0 Å². The molecule has 5 heteroatoms. The number of hydrogen-bond acceptors (Lipinski definition) is 1. The third kappa shape index (κ3) is 2.13. The van der Waals surface area contributed by atoms with Crippen molar-refractivity contribution < 1.29 is 17.7 Å².